The highest BCUT2D eigenvalue weighted by Crippen LogP contribution is 2.47. The van der Waals surface area contributed by atoms with Crippen molar-refractivity contribution in [2.45, 2.75) is 44.7 Å². The van der Waals surface area contributed by atoms with E-state index in [0.29, 0.717) is 17.9 Å². The Kier molecular flexibility index (Phi) is 4.03. The van der Waals surface area contributed by atoms with Crippen LogP contribution < -0.4 is 0 Å². The minimum absolute atomic E-state index is 0.171. The topological polar surface area (TPSA) is 40.5 Å². The smallest absolute Gasteiger partial charge is 0.308 e. The zero-order valence-electron chi connectivity index (χ0n) is 12.9. The lowest BCUT2D eigenvalue weighted by molar-refractivity contribution is -0.155. The number of benzene rings is 1. The van der Waals surface area contributed by atoms with Crippen LogP contribution in [0.4, 0.5) is 0 Å². The third-order valence-electron chi connectivity index (χ3n) is 5.81. The van der Waals surface area contributed by atoms with E-state index in [1.807, 2.05) is 0 Å². The predicted molar refractivity (Wildman–Crippen MR) is 83.1 cm³/mol. The Balaban J connectivity index is 1.83. The summed E-state index contributed by atoms with van der Waals surface area (Å²) in [5.41, 5.74) is 1.36. The van der Waals surface area contributed by atoms with E-state index in [9.17, 15) is 9.90 Å². The lowest BCUT2D eigenvalue weighted by atomic mass is 9.62. The maximum atomic E-state index is 11.5. The second-order valence-corrected chi connectivity index (χ2v) is 6.74. The van der Waals surface area contributed by atoms with Crippen LogP contribution in [0.5, 0.6) is 0 Å². The normalized spacial score (nSPS) is 35.8. The Labute approximate surface area is 127 Å². The van der Waals surface area contributed by atoms with Gasteiger partial charge in [-0.15, -0.1) is 0 Å². The molecule has 3 fully saturated rings. The highest BCUT2D eigenvalue weighted by molar-refractivity contribution is 5.71. The van der Waals surface area contributed by atoms with Crippen LogP contribution >= 0.6 is 0 Å². The zero-order valence-corrected chi connectivity index (χ0v) is 12.9. The fourth-order valence-electron chi connectivity index (χ4n) is 4.65. The first kappa shape index (κ1) is 14.6. The number of carboxylic acid groups (broad SMARTS) is 1. The number of rotatable bonds is 4. The molecule has 0 amide bonds. The first-order chi connectivity index (χ1) is 10.1. The molecule has 5 atom stereocenters. The molecule has 2 bridgehead atoms. The third-order valence-corrected chi connectivity index (χ3v) is 5.81. The summed E-state index contributed by atoms with van der Waals surface area (Å²) < 4.78 is 0. The third kappa shape index (κ3) is 2.59. The molecule has 3 nitrogen and oxygen atoms in total. The van der Waals surface area contributed by atoms with E-state index in [1.165, 1.54) is 12.0 Å². The number of hydrogen-bond acceptors (Lipinski definition) is 2. The van der Waals surface area contributed by atoms with Crippen LogP contribution in [0.2, 0.25) is 0 Å². The standard InChI is InChI=1S/C18H25NO2/c1-3-13-10-17-15(18(20)21)11-14(13)16(19(17)2)9-12-7-5-4-6-8-12/h4-8,13-17H,3,9-11H2,1-2H3,(H,20,21). The molecule has 1 aromatic rings. The number of nitrogens with zero attached hydrogens (tertiary/aromatic N) is 1. The molecular weight excluding hydrogens is 262 g/mol. The molecule has 1 saturated carbocycles. The minimum atomic E-state index is -0.607. The molecule has 2 heterocycles. The number of aliphatic carboxylic acids is 1. The Bertz CT molecular complexity index is 501. The molecule has 2 aliphatic heterocycles. The van der Waals surface area contributed by atoms with Crippen molar-refractivity contribution in [3.8, 4) is 0 Å². The molecule has 114 valence electrons. The fourth-order valence-corrected chi connectivity index (χ4v) is 4.65. The van der Waals surface area contributed by atoms with Gasteiger partial charge < -0.3 is 5.11 Å². The monoisotopic (exact) mass is 287 g/mol. The van der Waals surface area contributed by atoms with Crippen molar-refractivity contribution < 1.29 is 9.90 Å². The fraction of sp³-hybridized carbons (Fsp3) is 0.611. The second-order valence-electron chi connectivity index (χ2n) is 6.74. The van der Waals surface area contributed by atoms with Crippen LogP contribution in [0.3, 0.4) is 0 Å². The summed E-state index contributed by atoms with van der Waals surface area (Å²) in [5, 5.41) is 9.49. The summed E-state index contributed by atoms with van der Waals surface area (Å²) in [6.45, 7) is 2.25. The van der Waals surface area contributed by atoms with Crippen molar-refractivity contribution in [2.75, 3.05) is 7.05 Å². The Morgan fingerprint density at radius 3 is 2.62 bits per heavy atom. The number of hydrogen-bond donors (Lipinski definition) is 1. The predicted octanol–water partition coefficient (Wildman–Crippen LogP) is 3.05. The van der Waals surface area contributed by atoms with Gasteiger partial charge >= 0.3 is 5.97 Å². The molecule has 21 heavy (non-hydrogen) atoms. The van der Waals surface area contributed by atoms with Gasteiger partial charge in [-0.3, -0.25) is 9.69 Å². The number of piperidine rings is 2. The SMILES string of the molecule is CCC1CC2C(C(=O)O)CC1C(Cc1ccccc1)N2C. The maximum Gasteiger partial charge on any atom is 0.308 e. The van der Waals surface area contributed by atoms with E-state index in [0.717, 1.165) is 19.3 Å². The van der Waals surface area contributed by atoms with E-state index < -0.39 is 5.97 Å². The molecule has 1 aromatic carbocycles. The average Bonchev–Trinajstić information content (AvgIpc) is 2.51. The van der Waals surface area contributed by atoms with E-state index in [-0.39, 0.29) is 12.0 Å². The van der Waals surface area contributed by atoms with Crippen LogP contribution in [-0.2, 0) is 11.2 Å². The number of carbonyl (C=O) groups is 1. The Hall–Kier alpha value is -1.35. The van der Waals surface area contributed by atoms with Gasteiger partial charge in [0.05, 0.1) is 5.92 Å². The minimum Gasteiger partial charge on any atom is -0.481 e. The molecule has 1 aliphatic carbocycles. The number of fused-ring (bicyclic) bond motifs is 3. The molecule has 2 saturated heterocycles. The lowest BCUT2D eigenvalue weighted by Crippen LogP contribution is -2.62. The quantitative estimate of drug-likeness (QED) is 0.925. The Morgan fingerprint density at radius 1 is 1.29 bits per heavy atom. The maximum absolute atomic E-state index is 11.5. The first-order valence-electron chi connectivity index (χ1n) is 8.10. The van der Waals surface area contributed by atoms with Crippen molar-refractivity contribution in [3.63, 3.8) is 0 Å². The Morgan fingerprint density at radius 2 is 2.00 bits per heavy atom. The second kappa shape index (κ2) is 5.80. The summed E-state index contributed by atoms with van der Waals surface area (Å²) >= 11 is 0. The van der Waals surface area contributed by atoms with Gasteiger partial charge in [0.25, 0.3) is 0 Å². The summed E-state index contributed by atoms with van der Waals surface area (Å²) in [4.78, 5) is 13.9. The molecular formula is C18H25NO2. The van der Waals surface area contributed by atoms with Crippen molar-refractivity contribution in [1.29, 1.82) is 0 Å². The lowest BCUT2D eigenvalue weighted by Gasteiger charge is -2.56. The van der Waals surface area contributed by atoms with E-state index >= 15 is 0 Å². The molecule has 1 N–H and O–H groups in total. The molecule has 3 heteroatoms. The number of carboxylic acids is 1. The van der Waals surface area contributed by atoms with Gasteiger partial charge in [0.1, 0.15) is 0 Å². The first-order valence-corrected chi connectivity index (χ1v) is 8.10. The summed E-state index contributed by atoms with van der Waals surface area (Å²) in [6.07, 6.45) is 4.13. The van der Waals surface area contributed by atoms with E-state index in [1.54, 1.807) is 0 Å². The van der Waals surface area contributed by atoms with Crippen molar-refractivity contribution >= 4 is 5.97 Å². The van der Waals surface area contributed by atoms with Gasteiger partial charge in [-0.1, -0.05) is 43.7 Å². The van der Waals surface area contributed by atoms with Gasteiger partial charge in [0.2, 0.25) is 0 Å². The van der Waals surface area contributed by atoms with Gasteiger partial charge in [0.15, 0.2) is 0 Å². The van der Waals surface area contributed by atoms with Crippen LogP contribution in [0, 0.1) is 17.8 Å². The molecule has 0 spiro atoms. The summed E-state index contributed by atoms with van der Waals surface area (Å²) in [7, 11) is 2.13. The molecule has 0 aromatic heterocycles. The van der Waals surface area contributed by atoms with Crippen LogP contribution in [0.15, 0.2) is 30.3 Å². The number of likely N-dealkylation sites (N-methyl/N-ethyl adjacent to an activating group) is 1. The highest BCUT2D eigenvalue weighted by atomic mass is 16.4. The summed E-state index contributed by atoms with van der Waals surface area (Å²) in [6, 6.07) is 11.3. The highest BCUT2D eigenvalue weighted by Gasteiger charge is 2.51. The summed E-state index contributed by atoms with van der Waals surface area (Å²) in [5.74, 6) is 0.432. The molecule has 5 unspecified atom stereocenters. The molecule has 3 aliphatic rings. The largest absolute Gasteiger partial charge is 0.481 e. The molecule has 4 rings (SSSR count). The van der Waals surface area contributed by atoms with Crippen molar-refractivity contribution in [2.24, 2.45) is 17.8 Å². The van der Waals surface area contributed by atoms with Crippen LogP contribution in [-0.4, -0.2) is 35.1 Å². The molecule has 0 radical (unpaired) electrons. The van der Waals surface area contributed by atoms with E-state index in [2.05, 4.69) is 49.2 Å². The zero-order chi connectivity index (χ0) is 15.0. The van der Waals surface area contributed by atoms with E-state index in [4.69, 9.17) is 0 Å². The van der Waals surface area contributed by atoms with Crippen molar-refractivity contribution in [1.82, 2.24) is 4.90 Å². The van der Waals surface area contributed by atoms with Gasteiger partial charge in [-0.25, -0.2) is 0 Å². The van der Waals surface area contributed by atoms with Gasteiger partial charge in [0, 0.05) is 12.1 Å². The van der Waals surface area contributed by atoms with Crippen molar-refractivity contribution in [3.05, 3.63) is 35.9 Å². The van der Waals surface area contributed by atoms with Crippen LogP contribution in [0.1, 0.15) is 31.7 Å². The van der Waals surface area contributed by atoms with Gasteiger partial charge in [-0.05, 0) is 43.7 Å². The van der Waals surface area contributed by atoms with Gasteiger partial charge in [-0.2, -0.15) is 0 Å². The average molecular weight is 287 g/mol. The van der Waals surface area contributed by atoms with Crippen LogP contribution in [0.25, 0.3) is 0 Å².